The molecular formula is C22H28N2O3. The van der Waals surface area contributed by atoms with Crippen LogP contribution >= 0.6 is 0 Å². The number of carbonyl (C=O) groups excluding carboxylic acids is 2. The van der Waals surface area contributed by atoms with Gasteiger partial charge in [0.05, 0.1) is 6.61 Å². The quantitative estimate of drug-likeness (QED) is 0.735. The number of hydrogen-bond donors (Lipinski definition) is 2. The Hall–Kier alpha value is -2.82. The molecule has 2 aromatic carbocycles. The molecule has 0 radical (unpaired) electrons. The van der Waals surface area contributed by atoms with Gasteiger partial charge >= 0.3 is 0 Å². The van der Waals surface area contributed by atoms with E-state index in [1.807, 2.05) is 58.0 Å². The molecule has 5 heteroatoms. The minimum atomic E-state index is -0.608. The van der Waals surface area contributed by atoms with Gasteiger partial charge in [-0.1, -0.05) is 32.0 Å². The molecule has 27 heavy (non-hydrogen) atoms. The van der Waals surface area contributed by atoms with Crippen LogP contribution in [0.1, 0.15) is 43.1 Å². The number of ether oxygens (including phenoxy) is 1. The zero-order valence-electron chi connectivity index (χ0n) is 16.4. The zero-order valence-corrected chi connectivity index (χ0v) is 16.4. The van der Waals surface area contributed by atoms with Crippen molar-refractivity contribution in [1.29, 1.82) is 0 Å². The zero-order chi connectivity index (χ0) is 19.8. The third kappa shape index (κ3) is 6.13. The van der Waals surface area contributed by atoms with Crippen LogP contribution in [-0.4, -0.2) is 24.5 Å². The highest BCUT2D eigenvalue weighted by Gasteiger charge is 2.23. The molecule has 144 valence electrons. The fourth-order valence-corrected chi connectivity index (χ4v) is 2.80. The third-order valence-corrected chi connectivity index (χ3v) is 4.15. The van der Waals surface area contributed by atoms with Crippen LogP contribution in [0.5, 0.6) is 5.75 Å². The van der Waals surface area contributed by atoms with Crippen molar-refractivity contribution < 1.29 is 14.3 Å². The summed E-state index contributed by atoms with van der Waals surface area (Å²) in [6.07, 6.45) is 0.556. The Morgan fingerprint density at radius 1 is 1.04 bits per heavy atom. The van der Waals surface area contributed by atoms with Crippen molar-refractivity contribution in [2.45, 2.75) is 40.2 Å². The van der Waals surface area contributed by atoms with Crippen LogP contribution in [0, 0.1) is 12.8 Å². The van der Waals surface area contributed by atoms with E-state index in [9.17, 15) is 9.59 Å². The Kier molecular flexibility index (Phi) is 7.41. The summed E-state index contributed by atoms with van der Waals surface area (Å²) in [5.74, 6) is 0.552. The maximum atomic E-state index is 12.8. The SMILES string of the molecule is CCOc1ccc(NC(=O)C(CC(C)C)NC(=O)c2ccccc2C)cc1. The van der Waals surface area contributed by atoms with Gasteiger partial charge in [-0.05, 0) is 62.1 Å². The largest absolute Gasteiger partial charge is 0.494 e. The van der Waals surface area contributed by atoms with E-state index in [0.29, 0.717) is 24.3 Å². The summed E-state index contributed by atoms with van der Waals surface area (Å²) >= 11 is 0. The van der Waals surface area contributed by atoms with Gasteiger partial charge in [0.2, 0.25) is 5.91 Å². The molecule has 0 fully saturated rings. The van der Waals surface area contributed by atoms with Gasteiger partial charge in [-0.2, -0.15) is 0 Å². The normalized spacial score (nSPS) is 11.7. The monoisotopic (exact) mass is 368 g/mol. The first kappa shape index (κ1) is 20.5. The average Bonchev–Trinajstić information content (AvgIpc) is 2.63. The number of aryl methyl sites for hydroxylation is 1. The Balaban J connectivity index is 2.09. The first-order valence-corrected chi connectivity index (χ1v) is 9.31. The van der Waals surface area contributed by atoms with E-state index in [2.05, 4.69) is 10.6 Å². The lowest BCUT2D eigenvalue weighted by atomic mass is 10.0. The van der Waals surface area contributed by atoms with Gasteiger partial charge in [0.25, 0.3) is 5.91 Å². The van der Waals surface area contributed by atoms with Crippen molar-refractivity contribution in [2.75, 3.05) is 11.9 Å². The highest BCUT2D eigenvalue weighted by atomic mass is 16.5. The highest BCUT2D eigenvalue weighted by Crippen LogP contribution is 2.17. The maximum Gasteiger partial charge on any atom is 0.252 e. The van der Waals surface area contributed by atoms with E-state index in [0.717, 1.165) is 11.3 Å². The van der Waals surface area contributed by atoms with Crippen molar-refractivity contribution in [3.63, 3.8) is 0 Å². The van der Waals surface area contributed by atoms with Crippen LogP contribution in [0.15, 0.2) is 48.5 Å². The molecular weight excluding hydrogens is 340 g/mol. The first-order valence-electron chi connectivity index (χ1n) is 9.31. The number of hydrogen-bond acceptors (Lipinski definition) is 3. The van der Waals surface area contributed by atoms with Crippen LogP contribution in [0.25, 0.3) is 0 Å². The topological polar surface area (TPSA) is 67.4 Å². The second kappa shape index (κ2) is 9.76. The van der Waals surface area contributed by atoms with Crippen LogP contribution in [0.2, 0.25) is 0 Å². The molecule has 0 bridgehead atoms. The molecule has 0 aromatic heterocycles. The molecule has 0 aliphatic rings. The average molecular weight is 368 g/mol. The number of anilines is 1. The number of benzene rings is 2. The standard InChI is InChI=1S/C22H28N2O3/c1-5-27-18-12-10-17(11-13-18)23-22(26)20(14-15(2)3)24-21(25)19-9-7-6-8-16(19)4/h6-13,15,20H,5,14H2,1-4H3,(H,23,26)(H,24,25). The van der Waals surface area contributed by atoms with Gasteiger partial charge in [0.15, 0.2) is 0 Å². The number of amides is 2. The fourth-order valence-electron chi connectivity index (χ4n) is 2.80. The van der Waals surface area contributed by atoms with Gasteiger partial charge in [0, 0.05) is 11.3 Å². The fraction of sp³-hybridized carbons (Fsp3) is 0.364. The van der Waals surface area contributed by atoms with Crippen molar-refractivity contribution in [3.05, 3.63) is 59.7 Å². The summed E-state index contributed by atoms with van der Waals surface area (Å²) < 4.78 is 5.41. The lowest BCUT2D eigenvalue weighted by molar-refractivity contribution is -0.118. The summed E-state index contributed by atoms with van der Waals surface area (Å²) in [4.78, 5) is 25.4. The summed E-state index contributed by atoms with van der Waals surface area (Å²) in [5.41, 5.74) is 2.13. The Morgan fingerprint density at radius 3 is 2.30 bits per heavy atom. The summed E-state index contributed by atoms with van der Waals surface area (Å²) in [6.45, 7) is 8.44. The van der Waals surface area contributed by atoms with Gasteiger partial charge in [-0.25, -0.2) is 0 Å². The van der Waals surface area contributed by atoms with E-state index in [1.54, 1.807) is 18.2 Å². The van der Waals surface area contributed by atoms with E-state index >= 15 is 0 Å². The van der Waals surface area contributed by atoms with Crippen molar-refractivity contribution >= 4 is 17.5 Å². The molecule has 0 spiro atoms. The summed E-state index contributed by atoms with van der Waals surface area (Å²) in [7, 11) is 0. The van der Waals surface area contributed by atoms with Crippen molar-refractivity contribution in [2.24, 2.45) is 5.92 Å². The molecule has 0 aliphatic carbocycles. The van der Waals surface area contributed by atoms with Gasteiger partial charge in [0.1, 0.15) is 11.8 Å². The first-order chi connectivity index (χ1) is 12.9. The molecule has 1 unspecified atom stereocenters. The van der Waals surface area contributed by atoms with Gasteiger partial charge in [-0.3, -0.25) is 9.59 Å². The van der Waals surface area contributed by atoms with Crippen molar-refractivity contribution in [3.8, 4) is 5.75 Å². The number of rotatable bonds is 8. The number of nitrogens with one attached hydrogen (secondary N) is 2. The van der Waals surface area contributed by atoms with Crippen molar-refractivity contribution in [1.82, 2.24) is 5.32 Å². The maximum absolute atomic E-state index is 12.8. The second-order valence-electron chi connectivity index (χ2n) is 6.92. The molecule has 2 rings (SSSR count). The number of carbonyl (C=O) groups is 2. The highest BCUT2D eigenvalue weighted by molar-refractivity contribution is 6.01. The van der Waals surface area contributed by atoms with E-state index in [-0.39, 0.29) is 17.7 Å². The van der Waals surface area contributed by atoms with Gasteiger partial charge < -0.3 is 15.4 Å². The molecule has 0 saturated carbocycles. The summed E-state index contributed by atoms with van der Waals surface area (Å²) in [5, 5.41) is 5.76. The molecule has 5 nitrogen and oxygen atoms in total. The van der Waals surface area contributed by atoms with Crippen LogP contribution in [-0.2, 0) is 4.79 Å². The lowest BCUT2D eigenvalue weighted by Gasteiger charge is -2.21. The molecule has 2 aromatic rings. The second-order valence-corrected chi connectivity index (χ2v) is 6.92. The van der Waals surface area contributed by atoms with E-state index in [1.165, 1.54) is 0 Å². The minimum absolute atomic E-state index is 0.227. The molecule has 0 heterocycles. The van der Waals surface area contributed by atoms with Crippen LogP contribution in [0.4, 0.5) is 5.69 Å². The molecule has 1 atom stereocenters. The molecule has 2 amide bonds. The Morgan fingerprint density at radius 2 is 1.70 bits per heavy atom. The van der Waals surface area contributed by atoms with E-state index in [4.69, 9.17) is 4.74 Å². The minimum Gasteiger partial charge on any atom is -0.494 e. The van der Waals surface area contributed by atoms with E-state index < -0.39 is 6.04 Å². The lowest BCUT2D eigenvalue weighted by Crippen LogP contribution is -2.44. The predicted octanol–water partition coefficient (Wildman–Crippen LogP) is 4.18. The predicted molar refractivity (Wildman–Crippen MR) is 108 cm³/mol. The third-order valence-electron chi connectivity index (χ3n) is 4.15. The molecule has 0 saturated heterocycles. The smallest absolute Gasteiger partial charge is 0.252 e. The molecule has 2 N–H and O–H groups in total. The van der Waals surface area contributed by atoms with Crippen LogP contribution in [0.3, 0.4) is 0 Å². The Bertz CT molecular complexity index is 769. The molecule has 0 aliphatic heterocycles. The van der Waals surface area contributed by atoms with Crippen LogP contribution < -0.4 is 15.4 Å². The van der Waals surface area contributed by atoms with Gasteiger partial charge in [-0.15, -0.1) is 0 Å². The Labute approximate surface area is 161 Å². The summed E-state index contributed by atoms with van der Waals surface area (Å²) in [6, 6.07) is 13.9.